The summed E-state index contributed by atoms with van der Waals surface area (Å²) in [6, 6.07) is 10.6. The van der Waals surface area contributed by atoms with Crippen molar-refractivity contribution in [3.63, 3.8) is 0 Å². The van der Waals surface area contributed by atoms with E-state index in [1.807, 2.05) is 0 Å². The monoisotopic (exact) mass is 238 g/mol. The lowest BCUT2D eigenvalue weighted by Crippen LogP contribution is -1.96. The fourth-order valence-electron chi connectivity index (χ4n) is 1.18. The van der Waals surface area contributed by atoms with Crippen LogP contribution in [0.4, 0.5) is 0 Å². The Morgan fingerprint density at radius 2 is 2.00 bits per heavy atom. The summed E-state index contributed by atoms with van der Waals surface area (Å²) in [5.74, 6) is 0.556. The first-order chi connectivity index (χ1) is 6.20. The van der Waals surface area contributed by atoms with Crippen LogP contribution in [0.2, 0.25) is 0 Å². The molecule has 13 heavy (non-hydrogen) atoms. The summed E-state index contributed by atoms with van der Waals surface area (Å²) in [6.45, 7) is 6.08. The maximum absolute atomic E-state index is 3.88. The van der Waals surface area contributed by atoms with E-state index in [0.29, 0.717) is 5.92 Å². The molecule has 0 unspecified atom stereocenters. The first-order valence-corrected chi connectivity index (χ1v) is 5.37. The van der Waals surface area contributed by atoms with Crippen LogP contribution in [0.1, 0.15) is 18.9 Å². The molecule has 1 aromatic carbocycles. The van der Waals surface area contributed by atoms with Gasteiger partial charge in [0.05, 0.1) is 0 Å². The number of allylic oxidation sites excluding steroid dienone is 1. The van der Waals surface area contributed by atoms with Gasteiger partial charge in [0.25, 0.3) is 0 Å². The van der Waals surface area contributed by atoms with E-state index < -0.39 is 0 Å². The van der Waals surface area contributed by atoms with Crippen molar-refractivity contribution in [1.82, 2.24) is 0 Å². The highest BCUT2D eigenvalue weighted by molar-refractivity contribution is 9.11. The lowest BCUT2D eigenvalue weighted by Gasteiger charge is -2.08. The van der Waals surface area contributed by atoms with E-state index in [0.717, 1.165) is 17.3 Å². The van der Waals surface area contributed by atoms with Crippen LogP contribution in [0.3, 0.4) is 0 Å². The van der Waals surface area contributed by atoms with Crippen molar-refractivity contribution in [1.29, 1.82) is 0 Å². The summed E-state index contributed by atoms with van der Waals surface area (Å²) in [5, 5.41) is 0. The Balaban J connectivity index is 2.39. The molecule has 0 aliphatic rings. The number of aryl methyl sites for hydroxylation is 1. The van der Waals surface area contributed by atoms with Gasteiger partial charge in [-0.2, -0.15) is 0 Å². The molecule has 0 aliphatic heterocycles. The van der Waals surface area contributed by atoms with Crippen LogP contribution in [-0.4, -0.2) is 0 Å². The average Bonchev–Trinajstić information content (AvgIpc) is 2.15. The van der Waals surface area contributed by atoms with Crippen molar-refractivity contribution in [2.75, 3.05) is 0 Å². The van der Waals surface area contributed by atoms with Crippen LogP contribution in [0.5, 0.6) is 0 Å². The summed E-state index contributed by atoms with van der Waals surface area (Å²) < 4.78 is 1.10. The smallest absolute Gasteiger partial charge is 0.00928 e. The molecule has 0 radical (unpaired) electrons. The lowest BCUT2D eigenvalue weighted by molar-refractivity contribution is 0.642. The minimum absolute atomic E-state index is 0.556. The van der Waals surface area contributed by atoms with Crippen LogP contribution in [0.25, 0.3) is 0 Å². The largest absolute Gasteiger partial charge is 0.0886 e. The van der Waals surface area contributed by atoms with Crippen LogP contribution in [0, 0.1) is 5.92 Å². The number of hydrogen-bond acceptors (Lipinski definition) is 0. The summed E-state index contributed by atoms with van der Waals surface area (Å²) in [6.07, 6.45) is 2.29. The van der Waals surface area contributed by atoms with Crippen LogP contribution >= 0.6 is 15.9 Å². The van der Waals surface area contributed by atoms with E-state index >= 15 is 0 Å². The third kappa shape index (κ3) is 3.77. The molecule has 0 saturated carbocycles. The number of rotatable bonds is 4. The fourth-order valence-corrected chi connectivity index (χ4v) is 1.41. The number of benzene rings is 1. The first-order valence-electron chi connectivity index (χ1n) is 4.58. The second-order valence-electron chi connectivity index (χ2n) is 3.37. The molecule has 70 valence electrons. The van der Waals surface area contributed by atoms with Crippen molar-refractivity contribution in [2.45, 2.75) is 19.8 Å². The molecule has 0 fully saturated rings. The van der Waals surface area contributed by atoms with Gasteiger partial charge in [-0.1, -0.05) is 59.8 Å². The maximum Gasteiger partial charge on any atom is -0.00928 e. The van der Waals surface area contributed by atoms with E-state index in [1.165, 1.54) is 5.56 Å². The molecule has 0 N–H and O–H groups in total. The summed E-state index contributed by atoms with van der Waals surface area (Å²) in [4.78, 5) is 0. The van der Waals surface area contributed by atoms with Gasteiger partial charge in [0.2, 0.25) is 0 Å². The summed E-state index contributed by atoms with van der Waals surface area (Å²) in [5.41, 5.74) is 1.41. The summed E-state index contributed by atoms with van der Waals surface area (Å²) >= 11 is 3.42. The van der Waals surface area contributed by atoms with E-state index in [-0.39, 0.29) is 0 Å². The zero-order valence-corrected chi connectivity index (χ0v) is 9.55. The Morgan fingerprint density at radius 1 is 1.38 bits per heavy atom. The standard InChI is InChI=1S/C12H15Br/c1-10(11(2)13)8-9-12-6-4-3-5-7-12/h3-7,10H,2,8-9H2,1H3/t10-/m0/s1. The van der Waals surface area contributed by atoms with Crippen LogP contribution < -0.4 is 0 Å². The average molecular weight is 239 g/mol. The molecule has 0 nitrogen and oxygen atoms in total. The van der Waals surface area contributed by atoms with Gasteiger partial charge in [-0.15, -0.1) is 0 Å². The van der Waals surface area contributed by atoms with Crippen LogP contribution in [-0.2, 0) is 6.42 Å². The third-order valence-corrected chi connectivity index (χ3v) is 3.03. The van der Waals surface area contributed by atoms with Crippen molar-refractivity contribution in [2.24, 2.45) is 5.92 Å². The Hall–Kier alpha value is -0.560. The highest BCUT2D eigenvalue weighted by Gasteiger charge is 2.03. The molecule has 0 saturated heterocycles. The molecule has 1 rings (SSSR count). The van der Waals surface area contributed by atoms with Gasteiger partial charge in [-0.05, 0) is 28.8 Å². The Bertz CT molecular complexity index is 264. The van der Waals surface area contributed by atoms with Crippen molar-refractivity contribution in [3.05, 3.63) is 47.0 Å². The van der Waals surface area contributed by atoms with Gasteiger partial charge in [0.1, 0.15) is 0 Å². The zero-order chi connectivity index (χ0) is 9.68. The minimum atomic E-state index is 0.556. The fraction of sp³-hybridized carbons (Fsp3) is 0.333. The molecular formula is C12H15Br. The molecule has 0 aliphatic carbocycles. The molecule has 0 aromatic heterocycles. The molecule has 0 amide bonds. The summed E-state index contributed by atoms with van der Waals surface area (Å²) in [7, 11) is 0. The predicted molar refractivity (Wildman–Crippen MR) is 62.0 cm³/mol. The second kappa shape index (κ2) is 5.23. The minimum Gasteiger partial charge on any atom is -0.0886 e. The van der Waals surface area contributed by atoms with Gasteiger partial charge < -0.3 is 0 Å². The zero-order valence-electron chi connectivity index (χ0n) is 7.96. The van der Waals surface area contributed by atoms with Gasteiger partial charge in [-0.25, -0.2) is 0 Å². The molecule has 0 bridgehead atoms. The second-order valence-corrected chi connectivity index (χ2v) is 4.39. The molecule has 0 heterocycles. The third-order valence-electron chi connectivity index (χ3n) is 2.24. The highest BCUT2D eigenvalue weighted by atomic mass is 79.9. The Morgan fingerprint density at radius 3 is 2.54 bits per heavy atom. The lowest BCUT2D eigenvalue weighted by atomic mass is 10.0. The van der Waals surface area contributed by atoms with Crippen LogP contribution in [0.15, 0.2) is 41.4 Å². The van der Waals surface area contributed by atoms with E-state index in [1.54, 1.807) is 0 Å². The molecule has 0 spiro atoms. The van der Waals surface area contributed by atoms with Gasteiger partial charge >= 0.3 is 0 Å². The predicted octanol–water partition coefficient (Wildman–Crippen LogP) is 4.16. The molecular weight excluding hydrogens is 224 g/mol. The SMILES string of the molecule is C=C(Br)[C@@H](C)CCc1ccccc1. The van der Waals surface area contributed by atoms with E-state index in [4.69, 9.17) is 0 Å². The van der Waals surface area contributed by atoms with E-state index in [2.05, 4.69) is 59.8 Å². The topological polar surface area (TPSA) is 0 Å². The van der Waals surface area contributed by atoms with Crippen molar-refractivity contribution in [3.8, 4) is 0 Å². The van der Waals surface area contributed by atoms with Crippen molar-refractivity contribution >= 4 is 15.9 Å². The number of halogens is 1. The quantitative estimate of drug-likeness (QED) is 0.739. The molecule has 1 aromatic rings. The van der Waals surface area contributed by atoms with Gasteiger partial charge in [-0.3, -0.25) is 0 Å². The van der Waals surface area contributed by atoms with Gasteiger partial charge in [0, 0.05) is 0 Å². The molecule has 1 heteroatoms. The normalized spacial score (nSPS) is 12.5. The van der Waals surface area contributed by atoms with Crippen molar-refractivity contribution < 1.29 is 0 Å². The van der Waals surface area contributed by atoms with Gasteiger partial charge in [0.15, 0.2) is 0 Å². The molecule has 1 atom stereocenters. The Labute approximate surface area is 88.8 Å². The number of hydrogen-bond donors (Lipinski definition) is 0. The van der Waals surface area contributed by atoms with E-state index in [9.17, 15) is 0 Å². The highest BCUT2D eigenvalue weighted by Crippen LogP contribution is 2.20. The maximum atomic E-state index is 3.88. The first kappa shape index (κ1) is 10.5. The Kier molecular flexibility index (Phi) is 4.23.